The first-order valence-corrected chi connectivity index (χ1v) is 9.67. The van der Waals surface area contributed by atoms with Crippen LogP contribution in [0.3, 0.4) is 0 Å². The van der Waals surface area contributed by atoms with E-state index in [-0.39, 0.29) is 23.4 Å². The number of hydrogen-bond acceptors (Lipinski definition) is 4. The molecule has 2 aliphatic rings. The van der Waals surface area contributed by atoms with Crippen LogP contribution in [0.4, 0.5) is 5.69 Å². The molecule has 0 radical (unpaired) electrons. The first-order valence-electron chi connectivity index (χ1n) is 8.69. The third-order valence-electron chi connectivity index (χ3n) is 4.90. The van der Waals surface area contributed by atoms with E-state index < -0.39 is 0 Å². The van der Waals surface area contributed by atoms with Crippen LogP contribution in [-0.2, 0) is 11.2 Å². The third-order valence-corrected chi connectivity index (χ3v) is 6.00. The van der Waals surface area contributed by atoms with Gasteiger partial charge >= 0.3 is 0 Å². The number of carbonyl (C=O) groups excluding carboxylic acids is 1. The molecule has 1 amide bonds. The van der Waals surface area contributed by atoms with Crippen molar-refractivity contribution < 1.29 is 4.79 Å². The molecule has 1 unspecified atom stereocenters. The SMILES string of the molecule is CC(C)c1cc(=O)n2c(n1)SCC2CC(=O)N1CCc2ccccc21. The molecule has 1 aromatic carbocycles. The molecule has 4 rings (SSSR count). The summed E-state index contributed by atoms with van der Waals surface area (Å²) in [6.07, 6.45) is 1.24. The minimum Gasteiger partial charge on any atom is -0.312 e. The molecule has 5 nitrogen and oxygen atoms in total. The zero-order valence-electron chi connectivity index (χ0n) is 14.4. The van der Waals surface area contributed by atoms with Crippen LogP contribution < -0.4 is 10.5 Å². The van der Waals surface area contributed by atoms with Gasteiger partial charge in [0.15, 0.2) is 5.16 Å². The number of para-hydroxylation sites is 1. The normalized spacial score (nSPS) is 18.5. The van der Waals surface area contributed by atoms with Crippen molar-refractivity contribution in [2.75, 3.05) is 17.2 Å². The zero-order chi connectivity index (χ0) is 17.6. The molecule has 0 fully saturated rings. The number of amides is 1. The molecular weight excluding hydrogens is 334 g/mol. The molecule has 0 N–H and O–H groups in total. The van der Waals surface area contributed by atoms with Gasteiger partial charge < -0.3 is 4.90 Å². The lowest BCUT2D eigenvalue weighted by Crippen LogP contribution is -2.33. The number of benzene rings is 1. The molecule has 0 spiro atoms. The number of aromatic nitrogens is 2. The van der Waals surface area contributed by atoms with E-state index in [2.05, 4.69) is 11.1 Å². The second-order valence-electron chi connectivity index (χ2n) is 6.92. The topological polar surface area (TPSA) is 55.2 Å². The maximum Gasteiger partial charge on any atom is 0.254 e. The largest absolute Gasteiger partial charge is 0.312 e. The molecule has 3 heterocycles. The predicted octanol–water partition coefficient (Wildman–Crippen LogP) is 2.99. The molecule has 130 valence electrons. The minimum atomic E-state index is -0.110. The van der Waals surface area contributed by atoms with Gasteiger partial charge in [0.05, 0.1) is 11.7 Å². The van der Waals surface area contributed by atoms with Gasteiger partial charge in [0.2, 0.25) is 5.91 Å². The van der Waals surface area contributed by atoms with Crippen molar-refractivity contribution in [2.45, 2.75) is 43.8 Å². The number of fused-ring (bicyclic) bond motifs is 2. The molecule has 0 aliphatic carbocycles. The van der Waals surface area contributed by atoms with Crippen molar-refractivity contribution in [3.05, 3.63) is 51.9 Å². The van der Waals surface area contributed by atoms with Crippen molar-refractivity contribution >= 4 is 23.4 Å². The van der Waals surface area contributed by atoms with Crippen molar-refractivity contribution in [1.82, 2.24) is 9.55 Å². The van der Waals surface area contributed by atoms with Gasteiger partial charge in [-0.25, -0.2) is 4.98 Å². The average Bonchev–Trinajstić information content (AvgIpc) is 3.19. The van der Waals surface area contributed by atoms with Gasteiger partial charge in [-0.15, -0.1) is 0 Å². The maximum absolute atomic E-state index is 12.8. The number of thioether (sulfide) groups is 1. The Balaban J connectivity index is 1.57. The highest BCUT2D eigenvalue weighted by molar-refractivity contribution is 7.99. The van der Waals surface area contributed by atoms with E-state index in [1.807, 2.05) is 36.9 Å². The van der Waals surface area contributed by atoms with E-state index in [1.54, 1.807) is 22.4 Å². The van der Waals surface area contributed by atoms with Crippen molar-refractivity contribution in [3.8, 4) is 0 Å². The van der Waals surface area contributed by atoms with Gasteiger partial charge in [-0.1, -0.05) is 43.8 Å². The quantitative estimate of drug-likeness (QED) is 0.794. The van der Waals surface area contributed by atoms with Crippen molar-refractivity contribution in [2.24, 2.45) is 0 Å². The molecule has 1 atom stereocenters. The Bertz CT molecular complexity index is 890. The Morgan fingerprint density at radius 1 is 1.36 bits per heavy atom. The Kier molecular flexibility index (Phi) is 4.15. The molecule has 25 heavy (non-hydrogen) atoms. The smallest absolute Gasteiger partial charge is 0.254 e. The van der Waals surface area contributed by atoms with Crippen LogP contribution >= 0.6 is 11.8 Å². The fourth-order valence-corrected chi connectivity index (χ4v) is 4.68. The van der Waals surface area contributed by atoms with E-state index in [0.717, 1.165) is 35.3 Å². The van der Waals surface area contributed by atoms with E-state index in [9.17, 15) is 9.59 Å². The summed E-state index contributed by atoms with van der Waals surface area (Å²) in [4.78, 5) is 31.8. The van der Waals surface area contributed by atoms with Crippen molar-refractivity contribution in [3.63, 3.8) is 0 Å². The summed E-state index contributed by atoms with van der Waals surface area (Å²) in [5.74, 6) is 1.04. The second-order valence-corrected chi connectivity index (χ2v) is 7.91. The molecular formula is C19H21N3O2S. The van der Waals surface area contributed by atoms with E-state index in [0.29, 0.717) is 6.42 Å². The average molecular weight is 355 g/mol. The summed E-state index contributed by atoms with van der Waals surface area (Å²) >= 11 is 1.57. The highest BCUT2D eigenvalue weighted by Crippen LogP contribution is 2.35. The van der Waals surface area contributed by atoms with E-state index in [4.69, 9.17) is 0 Å². The number of carbonyl (C=O) groups is 1. The van der Waals surface area contributed by atoms with Gasteiger partial charge in [-0.3, -0.25) is 14.2 Å². The van der Waals surface area contributed by atoms with Crippen molar-refractivity contribution in [1.29, 1.82) is 0 Å². The summed E-state index contributed by atoms with van der Waals surface area (Å²) in [5.41, 5.74) is 3.01. The van der Waals surface area contributed by atoms with Gasteiger partial charge in [0.1, 0.15) is 0 Å². The van der Waals surface area contributed by atoms with E-state index in [1.165, 1.54) is 5.56 Å². The molecule has 2 aliphatic heterocycles. The summed E-state index contributed by atoms with van der Waals surface area (Å²) in [6, 6.07) is 9.55. The van der Waals surface area contributed by atoms with Crippen LogP contribution in [0.5, 0.6) is 0 Å². The fraction of sp³-hybridized carbons (Fsp3) is 0.421. The molecule has 0 saturated carbocycles. The van der Waals surface area contributed by atoms with Crippen LogP contribution in [0, 0.1) is 0 Å². The lowest BCUT2D eigenvalue weighted by atomic mass is 10.1. The number of rotatable bonds is 3. The first-order chi connectivity index (χ1) is 12.0. The highest BCUT2D eigenvalue weighted by Gasteiger charge is 2.31. The molecule has 1 aromatic heterocycles. The lowest BCUT2D eigenvalue weighted by Gasteiger charge is -2.20. The standard InChI is InChI=1S/C19H21N3O2S/c1-12(2)15-10-18(24)22-14(11-25-19(22)20-15)9-17(23)21-8-7-13-5-3-4-6-16(13)21/h3-6,10,12,14H,7-9,11H2,1-2H3. The maximum atomic E-state index is 12.8. The number of nitrogens with zero attached hydrogens (tertiary/aromatic N) is 3. The summed E-state index contributed by atoms with van der Waals surface area (Å²) in [7, 11) is 0. The Labute approximate surface area is 151 Å². The molecule has 2 aromatic rings. The second kappa shape index (κ2) is 6.33. The molecule has 0 saturated heterocycles. The Morgan fingerprint density at radius 3 is 2.96 bits per heavy atom. The fourth-order valence-electron chi connectivity index (χ4n) is 3.53. The number of anilines is 1. The summed E-state index contributed by atoms with van der Waals surface area (Å²) in [6.45, 7) is 4.79. The zero-order valence-corrected chi connectivity index (χ0v) is 15.3. The predicted molar refractivity (Wildman–Crippen MR) is 99.5 cm³/mol. The minimum absolute atomic E-state index is 0.0432. The van der Waals surface area contributed by atoms with Gasteiger partial charge in [-0.2, -0.15) is 0 Å². The van der Waals surface area contributed by atoms with Crippen LogP contribution in [0.1, 0.15) is 43.5 Å². The van der Waals surface area contributed by atoms with Crippen LogP contribution in [0.25, 0.3) is 0 Å². The Hall–Kier alpha value is -2.08. The van der Waals surface area contributed by atoms with E-state index >= 15 is 0 Å². The van der Waals surface area contributed by atoms with Crippen LogP contribution in [-0.4, -0.2) is 27.8 Å². The third kappa shape index (κ3) is 2.88. The van der Waals surface area contributed by atoms with Crippen LogP contribution in [0.2, 0.25) is 0 Å². The Morgan fingerprint density at radius 2 is 2.16 bits per heavy atom. The number of hydrogen-bond donors (Lipinski definition) is 0. The van der Waals surface area contributed by atoms with Gasteiger partial charge in [0, 0.05) is 30.5 Å². The monoisotopic (exact) mass is 355 g/mol. The molecule has 6 heteroatoms. The van der Waals surface area contributed by atoms with Gasteiger partial charge in [-0.05, 0) is 24.0 Å². The van der Waals surface area contributed by atoms with Gasteiger partial charge in [0.25, 0.3) is 5.56 Å². The highest BCUT2D eigenvalue weighted by atomic mass is 32.2. The summed E-state index contributed by atoms with van der Waals surface area (Å²) < 4.78 is 1.70. The summed E-state index contributed by atoms with van der Waals surface area (Å²) in [5, 5.41) is 0.746. The molecule has 0 bridgehead atoms. The lowest BCUT2D eigenvalue weighted by molar-refractivity contribution is -0.119. The van der Waals surface area contributed by atoms with Crippen LogP contribution in [0.15, 0.2) is 40.3 Å². The first kappa shape index (κ1) is 16.4.